The predicted molar refractivity (Wildman–Crippen MR) is 149 cm³/mol. The maximum Gasteiger partial charge on any atom is 0.125 e. The van der Waals surface area contributed by atoms with Crippen molar-refractivity contribution in [1.29, 1.82) is 0 Å². The number of hydrogen-bond donors (Lipinski definition) is 1. The summed E-state index contributed by atoms with van der Waals surface area (Å²) in [6.07, 6.45) is 25.3. The van der Waals surface area contributed by atoms with E-state index in [1.807, 2.05) is 6.08 Å². The molecule has 3 rings (SSSR count). The molecule has 0 saturated heterocycles. The molecule has 5 unspecified atom stereocenters. The number of aliphatic hydroxyl groups is 1. The SMILES string of the molecule is CCCC(=CC1=CCC2=C(C=CC(F)C2C)CC1CC1CCCCCC(CCO)CCC1)C(C)C. The van der Waals surface area contributed by atoms with Gasteiger partial charge in [-0.1, -0.05) is 115 Å². The van der Waals surface area contributed by atoms with Gasteiger partial charge in [0, 0.05) is 12.5 Å². The van der Waals surface area contributed by atoms with Crippen LogP contribution in [0.25, 0.3) is 0 Å². The first-order valence-electron chi connectivity index (χ1n) is 15.0. The van der Waals surface area contributed by atoms with Gasteiger partial charge in [0.05, 0.1) is 0 Å². The third-order valence-electron chi connectivity index (χ3n) is 9.15. The van der Waals surface area contributed by atoms with Crippen LogP contribution in [-0.2, 0) is 0 Å². The van der Waals surface area contributed by atoms with Crippen LogP contribution in [0.3, 0.4) is 0 Å². The number of allylic oxidation sites excluding steroid dienone is 8. The average molecular weight is 485 g/mol. The molecule has 0 aromatic heterocycles. The summed E-state index contributed by atoms with van der Waals surface area (Å²) in [5.41, 5.74) is 5.87. The van der Waals surface area contributed by atoms with E-state index in [2.05, 4.69) is 45.9 Å². The highest BCUT2D eigenvalue weighted by molar-refractivity contribution is 5.41. The highest BCUT2D eigenvalue weighted by Gasteiger charge is 2.29. The van der Waals surface area contributed by atoms with Crippen molar-refractivity contribution < 1.29 is 9.50 Å². The van der Waals surface area contributed by atoms with E-state index in [9.17, 15) is 9.50 Å². The number of halogens is 1. The lowest BCUT2D eigenvalue weighted by Crippen LogP contribution is -2.18. The van der Waals surface area contributed by atoms with Gasteiger partial charge in [-0.2, -0.15) is 0 Å². The molecule has 35 heavy (non-hydrogen) atoms. The molecule has 0 aliphatic heterocycles. The predicted octanol–water partition coefficient (Wildman–Crippen LogP) is 9.69. The van der Waals surface area contributed by atoms with Gasteiger partial charge in [-0.15, -0.1) is 0 Å². The number of rotatable bonds is 8. The summed E-state index contributed by atoms with van der Waals surface area (Å²) < 4.78 is 14.5. The van der Waals surface area contributed by atoms with Gasteiger partial charge in [0.15, 0.2) is 0 Å². The molecule has 3 aliphatic carbocycles. The molecule has 0 heterocycles. The molecule has 1 fully saturated rings. The second kappa shape index (κ2) is 14.6. The zero-order valence-corrected chi connectivity index (χ0v) is 23.2. The van der Waals surface area contributed by atoms with Crippen LogP contribution in [0, 0.1) is 29.6 Å². The molecule has 1 N–H and O–H groups in total. The summed E-state index contributed by atoms with van der Waals surface area (Å²) in [4.78, 5) is 0. The number of alkyl halides is 1. The monoisotopic (exact) mass is 484 g/mol. The van der Waals surface area contributed by atoms with E-state index in [4.69, 9.17) is 0 Å². The van der Waals surface area contributed by atoms with Crippen LogP contribution in [-0.4, -0.2) is 17.9 Å². The second-order valence-electron chi connectivity index (χ2n) is 12.1. The Morgan fingerprint density at radius 2 is 1.80 bits per heavy atom. The Hall–Kier alpha value is -1.15. The van der Waals surface area contributed by atoms with Crippen LogP contribution < -0.4 is 0 Å². The van der Waals surface area contributed by atoms with E-state index in [1.54, 1.807) is 5.57 Å². The van der Waals surface area contributed by atoms with E-state index in [0.717, 1.165) is 25.2 Å². The fourth-order valence-corrected chi connectivity index (χ4v) is 6.82. The third kappa shape index (κ3) is 8.44. The van der Waals surface area contributed by atoms with Crippen molar-refractivity contribution in [3.05, 3.63) is 46.6 Å². The molecule has 0 aromatic rings. The van der Waals surface area contributed by atoms with E-state index in [1.165, 1.54) is 87.3 Å². The fourth-order valence-electron chi connectivity index (χ4n) is 6.82. The maximum atomic E-state index is 14.5. The van der Waals surface area contributed by atoms with E-state index < -0.39 is 6.17 Å². The lowest BCUT2D eigenvalue weighted by molar-refractivity contribution is 0.232. The summed E-state index contributed by atoms with van der Waals surface area (Å²) >= 11 is 0. The van der Waals surface area contributed by atoms with Crippen molar-refractivity contribution in [2.24, 2.45) is 29.6 Å². The highest BCUT2D eigenvalue weighted by Crippen LogP contribution is 2.42. The van der Waals surface area contributed by atoms with Gasteiger partial charge in [0.1, 0.15) is 6.17 Å². The molecule has 3 aliphatic rings. The highest BCUT2D eigenvalue weighted by atomic mass is 19.1. The zero-order chi connectivity index (χ0) is 25.2. The minimum atomic E-state index is -0.839. The van der Waals surface area contributed by atoms with E-state index >= 15 is 0 Å². The first-order chi connectivity index (χ1) is 16.9. The normalized spacial score (nSPS) is 31.2. The molecule has 0 bridgehead atoms. The molecular formula is C33H53FO. The quantitative estimate of drug-likeness (QED) is 0.363. The molecule has 2 heteroatoms. The first-order valence-corrected chi connectivity index (χ1v) is 15.0. The van der Waals surface area contributed by atoms with Crippen LogP contribution in [0.1, 0.15) is 118 Å². The topological polar surface area (TPSA) is 20.2 Å². The second-order valence-corrected chi connectivity index (χ2v) is 12.1. The van der Waals surface area contributed by atoms with Crippen molar-refractivity contribution in [3.8, 4) is 0 Å². The molecule has 1 nitrogen and oxygen atoms in total. The van der Waals surface area contributed by atoms with Crippen molar-refractivity contribution in [2.45, 2.75) is 124 Å². The van der Waals surface area contributed by atoms with Crippen molar-refractivity contribution in [3.63, 3.8) is 0 Å². The smallest absolute Gasteiger partial charge is 0.125 e. The molecule has 5 atom stereocenters. The standard InChI is InChI=1S/C33H53FO/c1-5-10-28(24(2)3)22-29-15-17-32-25(4)33(34)18-16-30(32)23-31(29)21-27-12-8-6-7-11-26(19-20-35)13-9-14-27/h15-16,18,22,24-27,31,33,35H,5-14,17,19-21,23H2,1-4H3. The molecule has 198 valence electrons. The summed E-state index contributed by atoms with van der Waals surface area (Å²) in [7, 11) is 0. The van der Waals surface area contributed by atoms with Gasteiger partial charge in [-0.3, -0.25) is 0 Å². The van der Waals surface area contributed by atoms with Crippen molar-refractivity contribution >= 4 is 0 Å². The van der Waals surface area contributed by atoms with E-state index in [0.29, 0.717) is 24.4 Å². The Morgan fingerprint density at radius 3 is 2.51 bits per heavy atom. The van der Waals surface area contributed by atoms with E-state index in [-0.39, 0.29) is 5.92 Å². The first kappa shape index (κ1) is 28.4. The van der Waals surface area contributed by atoms with Crippen LogP contribution in [0.15, 0.2) is 46.6 Å². The zero-order valence-electron chi connectivity index (χ0n) is 23.2. The molecule has 1 saturated carbocycles. The fraction of sp³-hybridized carbons (Fsp3) is 0.758. The van der Waals surface area contributed by atoms with Gasteiger partial charge in [-0.05, 0) is 73.0 Å². The summed E-state index contributed by atoms with van der Waals surface area (Å²) in [5.74, 6) is 2.62. The van der Waals surface area contributed by atoms with Gasteiger partial charge >= 0.3 is 0 Å². The molecule has 0 amide bonds. The molecule has 0 spiro atoms. The van der Waals surface area contributed by atoms with Crippen LogP contribution >= 0.6 is 0 Å². The van der Waals surface area contributed by atoms with Gasteiger partial charge in [0.25, 0.3) is 0 Å². The average Bonchev–Trinajstić information content (AvgIpc) is 3.00. The summed E-state index contributed by atoms with van der Waals surface area (Å²) in [6, 6.07) is 0. The minimum absolute atomic E-state index is 0.00699. The Kier molecular flexibility index (Phi) is 11.8. The molecule has 0 aromatic carbocycles. The minimum Gasteiger partial charge on any atom is -0.396 e. The number of hydrogen-bond acceptors (Lipinski definition) is 1. The summed E-state index contributed by atoms with van der Waals surface area (Å²) in [6.45, 7) is 9.37. The lowest BCUT2D eigenvalue weighted by Gasteiger charge is -2.28. The van der Waals surface area contributed by atoms with Gasteiger partial charge < -0.3 is 5.11 Å². The maximum absolute atomic E-state index is 14.5. The van der Waals surface area contributed by atoms with Crippen LogP contribution in [0.4, 0.5) is 4.39 Å². The summed E-state index contributed by atoms with van der Waals surface area (Å²) in [5, 5.41) is 9.46. The van der Waals surface area contributed by atoms with Crippen molar-refractivity contribution in [2.75, 3.05) is 6.61 Å². The Balaban J connectivity index is 1.82. The Morgan fingerprint density at radius 1 is 1.09 bits per heavy atom. The van der Waals surface area contributed by atoms with Gasteiger partial charge in [-0.25, -0.2) is 4.39 Å². The number of aliphatic hydroxyl groups excluding tert-OH is 1. The largest absolute Gasteiger partial charge is 0.396 e. The lowest BCUT2D eigenvalue weighted by atomic mass is 9.77. The Labute approximate surface area is 216 Å². The molecule has 0 radical (unpaired) electrons. The van der Waals surface area contributed by atoms with Crippen LogP contribution in [0.2, 0.25) is 0 Å². The third-order valence-corrected chi connectivity index (χ3v) is 9.15. The molecular weight excluding hydrogens is 431 g/mol. The van der Waals surface area contributed by atoms with Crippen LogP contribution in [0.5, 0.6) is 0 Å². The van der Waals surface area contributed by atoms with Crippen molar-refractivity contribution in [1.82, 2.24) is 0 Å². The van der Waals surface area contributed by atoms with Gasteiger partial charge in [0.2, 0.25) is 0 Å². The Bertz CT molecular complexity index is 770.